The fourth-order valence-electron chi connectivity index (χ4n) is 2.61. The van der Waals surface area contributed by atoms with E-state index in [1.54, 1.807) is 12.1 Å². The Hall–Kier alpha value is -1.36. The fourth-order valence-corrected chi connectivity index (χ4v) is 3.65. The van der Waals surface area contributed by atoms with Gasteiger partial charge in [0.1, 0.15) is 5.75 Å². The van der Waals surface area contributed by atoms with Gasteiger partial charge in [-0.05, 0) is 56.6 Å². The van der Waals surface area contributed by atoms with Gasteiger partial charge in [0.15, 0.2) is 0 Å². The lowest BCUT2D eigenvalue weighted by Gasteiger charge is -2.28. The van der Waals surface area contributed by atoms with E-state index in [2.05, 4.69) is 19.2 Å². The van der Waals surface area contributed by atoms with Crippen molar-refractivity contribution in [2.24, 2.45) is 0 Å². The van der Waals surface area contributed by atoms with E-state index in [0.29, 0.717) is 6.04 Å². The van der Waals surface area contributed by atoms with Crippen molar-refractivity contribution in [2.45, 2.75) is 45.2 Å². The van der Waals surface area contributed by atoms with Crippen LogP contribution in [0.5, 0.6) is 5.75 Å². The number of nitrogens with zero attached hydrogens (tertiary/aromatic N) is 1. The fraction of sp³-hybridized carbons (Fsp3) is 0.588. The van der Waals surface area contributed by atoms with E-state index < -0.39 is 0 Å². The zero-order valence-corrected chi connectivity index (χ0v) is 14.2. The van der Waals surface area contributed by atoms with Gasteiger partial charge < -0.3 is 15.3 Å². The first-order valence-corrected chi connectivity index (χ1v) is 9.14. The number of carbonyl (C=O) groups is 1. The third kappa shape index (κ3) is 5.13. The number of aromatic hydroxyl groups is 1. The topological polar surface area (TPSA) is 52.6 Å². The molecule has 22 heavy (non-hydrogen) atoms. The van der Waals surface area contributed by atoms with Gasteiger partial charge in [0.05, 0.1) is 0 Å². The average molecular weight is 322 g/mol. The van der Waals surface area contributed by atoms with Gasteiger partial charge in [-0.1, -0.05) is 12.1 Å². The summed E-state index contributed by atoms with van der Waals surface area (Å²) >= 11 is 1.93. The van der Waals surface area contributed by atoms with Crippen LogP contribution in [0.1, 0.15) is 32.3 Å². The molecule has 2 amide bonds. The van der Waals surface area contributed by atoms with E-state index in [1.807, 2.05) is 28.8 Å². The van der Waals surface area contributed by atoms with Crippen LogP contribution in [0.25, 0.3) is 0 Å². The minimum atomic E-state index is 0.0632. The molecule has 2 N–H and O–H groups in total. The predicted molar refractivity (Wildman–Crippen MR) is 92.5 cm³/mol. The van der Waals surface area contributed by atoms with Crippen LogP contribution in [0.15, 0.2) is 24.3 Å². The molecule has 0 aliphatic carbocycles. The number of hydrogen-bond donors (Lipinski definition) is 2. The molecule has 1 aromatic carbocycles. The summed E-state index contributed by atoms with van der Waals surface area (Å²) in [5.74, 6) is 2.46. The van der Waals surface area contributed by atoms with Gasteiger partial charge in [-0.25, -0.2) is 4.79 Å². The highest BCUT2D eigenvalue weighted by Crippen LogP contribution is 2.16. The maximum atomic E-state index is 12.4. The second-order valence-electron chi connectivity index (χ2n) is 6.00. The average Bonchev–Trinajstić information content (AvgIpc) is 2.71. The van der Waals surface area contributed by atoms with Crippen LogP contribution in [0, 0.1) is 0 Å². The molecule has 1 saturated heterocycles. The largest absolute Gasteiger partial charge is 0.508 e. The number of hydrogen-bond acceptors (Lipinski definition) is 3. The van der Waals surface area contributed by atoms with Crippen molar-refractivity contribution in [1.29, 1.82) is 0 Å². The van der Waals surface area contributed by atoms with Gasteiger partial charge in [0, 0.05) is 24.4 Å². The van der Waals surface area contributed by atoms with Crippen molar-refractivity contribution in [3.63, 3.8) is 0 Å². The molecular formula is C17H26N2O2S. The number of nitrogens with one attached hydrogen (secondary N) is 1. The molecule has 1 aliphatic heterocycles. The SMILES string of the molecule is C[C@H](CCc1ccc(O)cc1)NC(=O)N1CCSCC[C@@H]1C. The van der Waals surface area contributed by atoms with Crippen LogP contribution in [0.2, 0.25) is 0 Å². The summed E-state index contributed by atoms with van der Waals surface area (Å²) in [6, 6.07) is 7.79. The van der Waals surface area contributed by atoms with Crippen LogP contribution in [0.3, 0.4) is 0 Å². The Morgan fingerprint density at radius 2 is 2.14 bits per heavy atom. The number of phenols is 1. The Balaban J connectivity index is 1.79. The molecule has 0 aromatic heterocycles. The zero-order valence-electron chi connectivity index (χ0n) is 13.4. The summed E-state index contributed by atoms with van der Waals surface area (Å²) in [4.78, 5) is 14.4. The summed E-state index contributed by atoms with van der Waals surface area (Å²) in [6.45, 7) is 5.02. The maximum Gasteiger partial charge on any atom is 0.317 e. The summed E-state index contributed by atoms with van der Waals surface area (Å²) in [7, 11) is 0. The molecule has 1 heterocycles. The first-order valence-electron chi connectivity index (χ1n) is 7.99. The van der Waals surface area contributed by atoms with Crippen molar-refractivity contribution >= 4 is 17.8 Å². The van der Waals surface area contributed by atoms with E-state index in [0.717, 1.165) is 37.3 Å². The minimum absolute atomic E-state index is 0.0632. The number of rotatable bonds is 4. The van der Waals surface area contributed by atoms with Crippen molar-refractivity contribution < 1.29 is 9.90 Å². The molecule has 4 nitrogen and oxygen atoms in total. The maximum absolute atomic E-state index is 12.4. The highest BCUT2D eigenvalue weighted by Gasteiger charge is 2.22. The van der Waals surface area contributed by atoms with E-state index in [9.17, 15) is 9.90 Å². The molecule has 0 bridgehead atoms. The molecule has 0 spiro atoms. The lowest BCUT2D eigenvalue weighted by atomic mass is 10.1. The molecule has 2 rings (SSSR count). The monoisotopic (exact) mass is 322 g/mol. The van der Waals surface area contributed by atoms with Crippen LogP contribution in [-0.2, 0) is 6.42 Å². The summed E-state index contributed by atoms with van der Waals surface area (Å²) in [5.41, 5.74) is 1.18. The summed E-state index contributed by atoms with van der Waals surface area (Å²) in [5, 5.41) is 12.4. The van der Waals surface area contributed by atoms with Gasteiger partial charge in [-0.3, -0.25) is 0 Å². The van der Waals surface area contributed by atoms with Crippen molar-refractivity contribution in [1.82, 2.24) is 10.2 Å². The van der Waals surface area contributed by atoms with Crippen molar-refractivity contribution in [2.75, 3.05) is 18.1 Å². The molecule has 122 valence electrons. The van der Waals surface area contributed by atoms with E-state index in [4.69, 9.17) is 0 Å². The Morgan fingerprint density at radius 3 is 2.86 bits per heavy atom. The standard InChI is InChI=1S/C17H26N2O2S/c1-13(3-4-15-5-7-16(20)8-6-15)18-17(21)19-10-12-22-11-9-14(19)2/h5-8,13-14,20H,3-4,9-12H2,1-2H3,(H,18,21)/t13-,14+/m1/s1. The highest BCUT2D eigenvalue weighted by molar-refractivity contribution is 7.99. The molecule has 0 unspecified atom stereocenters. The second-order valence-corrected chi connectivity index (χ2v) is 7.22. The van der Waals surface area contributed by atoms with Gasteiger partial charge in [0.2, 0.25) is 0 Å². The highest BCUT2D eigenvalue weighted by atomic mass is 32.2. The lowest BCUT2D eigenvalue weighted by molar-refractivity contribution is 0.179. The van der Waals surface area contributed by atoms with Crippen molar-refractivity contribution in [3.8, 4) is 5.75 Å². The van der Waals surface area contributed by atoms with Gasteiger partial charge in [0.25, 0.3) is 0 Å². The third-order valence-electron chi connectivity index (χ3n) is 4.12. The number of amides is 2. The number of benzene rings is 1. The Labute approximate surface area is 137 Å². The second kappa shape index (κ2) is 8.32. The molecule has 0 radical (unpaired) electrons. The number of carbonyl (C=O) groups excluding carboxylic acids is 1. The van der Waals surface area contributed by atoms with E-state index >= 15 is 0 Å². The van der Waals surface area contributed by atoms with Gasteiger partial charge in [-0.2, -0.15) is 11.8 Å². The molecule has 2 atom stereocenters. The number of phenolic OH excluding ortho intramolecular Hbond substituents is 1. The first kappa shape index (κ1) is 17.0. The number of thioether (sulfide) groups is 1. The van der Waals surface area contributed by atoms with Crippen LogP contribution in [0.4, 0.5) is 4.79 Å². The zero-order chi connectivity index (χ0) is 15.9. The van der Waals surface area contributed by atoms with Crippen LogP contribution >= 0.6 is 11.8 Å². The Bertz CT molecular complexity index is 478. The summed E-state index contributed by atoms with van der Waals surface area (Å²) < 4.78 is 0. The Morgan fingerprint density at radius 1 is 1.41 bits per heavy atom. The van der Waals surface area contributed by atoms with Gasteiger partial charge in [-0.15, -0.1) is 0 Å². The molecule has 1 aromatic rings. The summed E-state index contributed by atoms with van der Waals surface area (Å²) in [6.07, 6.45) is 2.86. The minimum Gasteiger partial charge on any atom is -0.508 e. The predicted octanol–water partition coefficient (Wildman–Crippen LogP) is 3.25. The smallest absolute Gasteiger partial charge is 0.317 e. The number of aryl methyl sites for hydroxylation is 1. The molecule has 1 fully saturated rings. The molecule has 5 heteroatoms. The van der Waals surface area contributed by atoms with Crippen molar-refractivity contribution in [3.05, 3.63) is 29.8 Å². The van der Waals surface area contributed by atoms with E-state index in [1.165, 1.54) is 5.56 Å². The van der Waals surface area contributed by atoms with Crippen LogP contribution < -0.4 is 5.32 Å². The molecule has 1 aliphatic rings. The molecule has 0 saturated carbocycles. The quantitative estimate of drug-likeness (QED) is 0.894. The lowest BCUT2D eigenvalue weighted by Crippen LogP contribution is -2.48. The normalized spacial score (nSPS) is 20.3. The Kier molecular flexibility index (Phi) is 6.43. The van der Waals surface area contributed by atoms with Crippen LogP contribution in [-0.4, -0.2) is 46.2 Å². The third-order valence-corrected chi connectivity index (χ3v) is 5.12. The molecular weight excluding hydrogens is 296 g/mol. The van der Waals surface area contributed by atoms with Gasteiger partial charge >= 0.3 is 6.03 Å². The first-order chi connectivity index (χ1) is 10.6. The number of urea groups is 1. The van der Waals surface area contributed by atoms with E-state index in [-0.39, 0.29) is 17.8 Å².